The zero-order chi connectivity index (χ0) is 13.4. The van der Waals surface area contributed by atoms with E-state index in [1.165, 1.54) is 25.7 Å². The molecule has 0 saturated heterocycles. The molecule has 1 heterocycles. The number of fused-ring (bicyclic) bond motifs is 2. The molecule has 2 fully saturated rings. The summed E-state index contributed by atoms with van der Waals surface area (Å²) in [7, 11) is 0. The highest BCUT2D eigenvalue weighted by molar-refractivity contribution is 4.97. The molecular formula is C14H25N5. The van der Waals surface area contributed by atoms with Crippen LogP contribution in [0.5, 0.6) is 0 Å². The van der Waals surface area contributed by atoms with E-state index < -0.39 is 0 Å². The highest BCUT2D eigenvalue weighted by Gasteiger charge is 2.43. The van der Waals surface area contributed by atoms with Crippen molar-refractivity contribution in [3.8, 4) is 0 Å². The van der Waals surface area contributed by atoms with Gasteiger partial charge in [0.1, 0.15) is 0 Å². The molecule has 2 bridgehead atoms. The Balaban J connectivity index is 1.76. The second kappa shape index (κ2) is 5.19. The number of nitrogens with zero attached hydrogens (tertiary/aromatic N) is 4. The molecule has 0 aromatic carbocycles. The smallest absolute Gasteiger partial charge is 0.168 e. The fraction of sp³-hybridized carbons (Fsp3) is 0.929. The minimum atomic E-state index is 0.223. The Morgan fingerprint density at radius 2 is 2.16 bits per heavy atom. The lowest BCUT2D eigenvalue weighted by Gasteiger charge is -2.28. The maximum atomic E-state index is 4.26. The molecule has 19 heavy (non-hydrogen) atoms. The van der Waals surface area contributed by atoms with Crippen LogP contribution in [-0.4, -0.2) is 26.8 Å². The number of tetrazole rings is 1. The summed E-state index contributed by atoms with van der Waals surface area (Å²) in [6, 6.07) is 0.655. The van der Waals surface area contributed by atoms with Crippen LogP contribution in [0.4, 0.5) is 0 Å². The van der Waals surface area contributed by atoms with Gasteiger partial charge in [-0.15, -0.1) is 5.10 Å². The van der Waals surface area contributed by atoms with Gasteiger partial charge in [-0.2, -0.15) is 0 Å². The minimum Gasteiger partial charge on any atom is -0.308 e. The highest BCUT2D eigenvalue weighted by Crippen LogP contribution is 2.52. The van der Waals surface area contributed by atoms with Gasteiger partial charge in [-0.3, -0.25) is 0 Å². The van der Waals surface area contributed by atoms with E-state index in [4.69, 9.17) is 0 Å². The van der Waals surface area contributed by atoms with Crippen molar-refractivity contribution in [3.05, 3.63) is 5.82 Å². The van der Waals surface area contributed by atoms with E-state index in [-0.39, 0.29) is 6.04 Å². The third-order valence-corrected chi connectivity index (χ3v) is 5.21. The number of nitrogens with one attached hydrogen (secondary N) is 1. The van der Waals surface area contributed by atoms with E-state index in [9.17, 15) is 0 Å². The summed E-state index contributed by atoms with van der Waals surface area (Å²) in [5.41, 5.74) is 0. The molecule has 0 spiro atoms. The molecular weight excluding hydrogens is 238 g/mol. The van der Waals surface area contributed by atoms with Gasteiger partial charge in [0.25, 0.3) is 0 Å². The molecule has 1 N–H and O–H groups in total. The van der Waals surface area contributed by atoms with Crippen molar-refractivity contribution in [2.24, 2.45) is 17.8 Å². The second-order valence-corrected chi connectivity index (χ2v) is 6.34. The van der Waals surface area contributed by atoms with Crippen LogP contribution >= 0.6 is 0 Å². The van der Waals surface area contributed by atoms with E-state index in [1.807, 2.05) is 0 Å². The van der Waals surface area contributed by atoms with Gasteiger partial charge in [0.05, 0.1) is 12.1 Å². The van der Waals surface area contributed by atoms with Crippen LogP contribution in [0, 0.1) is 17.8 Å². The Bertz CT molecular complexity index is 429. The lowest BCUT2D eigenvalue weighted by molar-refractivity contribution is 0.221. The van der Waals surface area contributed by atoms with Crippen molar-refractivity contribution < 1.29 is 0 Å². The lowest BCUT2D eigenvalue weighted by atomic mass is 9.84. The van der Waals surface area contributed by atoms with Crippen LogP contribution in [0.1, 0.15) is 64.4 Å². The Morgan fingerprint density at radius 3 is 2.79 bits per heavy atom. The van der Waals surface area contributed by atoms with Gasteiger partial charge < -0.3 is 5.32 Å². The lowest BCUT2D eigenvalue weighted by Crippen LogP contribution is -2.28. The maximum absolute atomic E-state index is 4.26. The van der Waals surface area contributed by atoms with Gasteiger partial charge in [-0.1, -0.05) is 13.3 Å². The first-order valence-corrected chi connectivity index (χ1v) is 7.71. The van der Waals surface area contributed by atoms with Gasteiger partial charge in [0.2, 0.25) is 0 Å². The first-order chi connectivity index (χ1) is 9.20. The number of hydrogen-bond acceptors (Lipinski definition) is 4. The standard InChI is InChI=1S/C14H25N5/c1-4-15-9(2)14-16-17-18-19(14)10(3)13-8-11-5-6-12(13)7-11/h9-13,15H,4-8H2,1-3H3. The molecule has 5 nitrogen and oxygen atoms in total. The highest BCUT2D eigenvalue weighted by atomic mass is 15.6. The van der Waals surface area contributed by atoms with Crippen molar-refractivity contribution in [3.63, 3.8) is 0 Å². The predicted octanol–water partition coefficient (Wildman–Crippen LogP) is 2.34. The Morgan fingerprint density at radius 1 is 1.32 bits per heavy atom. The molecule has 5 unspecified atom stereocenters. The molecule has 2 aliphatic rings. The summed E-state index contributed by atoms with van der Waals surface area (Å²) >= 11 is 0. The number of aromatic nitrogens is 4. The molecule has 5 heteroatoms. The summed E-state index contributed by atoms with van der Waals surface area (Å²) < 4.78 is 2.07. The third-order valence-electron chi connectivity index (χ3n) is 5.21. The van der Waals surface area contributed by atoms with Crippen molar-refractivity contribution in [2.75, 3.05) is 6.54 Å². The average Bonchev–Trinajstić information content (AvgIpc) is 3.13. The van der Waals surface area contributed by atoms with Gasteiger partial charge in [-0.05, 0) is 67.8 Å². The largest absolute Gasteiger partial charge is 0.308 e. The Labute approximate surface area is 115 Å². The SMILES string of the molecule is CCNC(C)c1nnnn1C(C)C1CC2CCC1C2. The summed E-state index contributed by atoms with van der Waals surface area (Å²) in [5, 5.41) is 15.8. The first kappa shape index (κ1) is 13.0. The van der Waals surface area contributed by atoms with E-state index in [0.29, 0.717) is 6.04 Å². The van der Waals surface area contributed by atoms with E-state index in [1.54, 1.807) is 0 Å². The molecule has 1 aromatic heterocycles. The van der Waals surface area contributed by atoms with Crippen LogP contribution in [0.3, 0.4) is 0 Å². The van der Waals surface area contributed by atoms with Crippen LogP contribution < -0.4 is 5.32 Å². The molecule has 1 aromatic rings. The maximum Gasteiger partial charge on any atom is 0.168 e. The predicted molar refractivity (Wildman–Crippen MR) is 73.6 cm³/mol. The molecule has 2 saturated carbocycles. The van der Waals surface area contributed by atoms with Crippen LogP contribution in [-0.2, 0) is 0 Å². The van der Waals surface area contributed by atoms with Gasteiger partial charge >= 0.3 is 0 Å². The summed E-state index contributed by atoms with van der Waals surface area (Å²) in [4.78, 5) is 0. The van der Waals surface area contributed by atoms with E-state index in [2.05, 4.69) is 46.3 Å². The summed E-state index contributed by atoms with van der Waals surface area (Å²) in [6.07, 6.45) is 5.68. The molecule has 5 atom stereocenters. The van der Waals surface area contributed by atoms with E-state index in [0.717, 1.165) is 30.1 Å². The minimum absolute atomic E-state index is 0.223. The van der Waals surface area contributed by atoms with Crippen molar-refractivity contribution in [1.29, 1.82) is 0 Å². The fourth-order valence-corrected chi connectivity index (χ4v) is 4.24. The molecule has 106 valence electrons. The normalized spacial score (nSPS) is 32.7. The first-order valence-electron chi connectivity index (χ1n) is 7.71. The Kier molecular flexibility index (Phi) is 3.56. The van der Waals surface area contributed by atoms with Crippen molar-refractivity contribution in [1.82, 2.24) is 25.5 Å². The third kappa shape index (κ3) is 2.29. The number of hydrogen-bond donors (Lipinski definition) is 1. The van der Waals surface area contributed by atoms with Crippen molar-refractivity contribution in [2.45, 2.75) is 58.5 Å². The van der Waals surface area contributed by atoms with Crippen LogP contribution in [0.2, 0.25) is 0 Å². The molecule has 2 aliphatic carbocycles. The van der Waals surface area contributed by atoms with Gasteiger partial charge in [-0.25, -0.2) is 4.68 Å². The van der Waals surface area contributed by atoms with Crippen molar-refractivity contribution >= 4 is 0 Å². The molecule has 0 aliphatic heterocycles. The monoisotopic (exact) mass is 263 g/mol. The Hall–Kier alpha value is -0.970. The number of rotatable bonds is 5. The zero-order valence-electron chi connectivity index (χ0n) is 12.2. The summed E-state index contributed by atoms with van der Waals surface area (Å²) in [6.45, 7) is 7.49. The summed E-state index contributed by atoms with van der Waals surface area (Å²) in [5.74, 6) is 3.64. The van der Waals surface area contributed by atoms with Crippen LogP contribution in [0.15, 0.2) is 0 Å². The van der Waals surface area contributed by atoms with Gasteiger partial charge in [0, 0.05) is 0 Å². The molecule has 3 rings (SSSR count). The average molecular weight is 263 g/mol. The zero-order valence-corrected chi connectivity index (χ0v) is 12.2. The second-order valence-electron chi connectivity index (χ2n) is 6.34. The van der Waals surface area contributed by atoms with E-state index >= 15 is 0 Å². The quantitative estimate of drug-likeness (QED) is 0.886. The topological polar surface area (TPSA) is 55.6 Å². The molecule has 0 radical (unpaired) electrons. The van der Waals surface area contributed by atoms with Gasteiger partial charge in [0.15, 0.2) is 5.82 Å². The molecule has 0 amide bonds. The van der Waals surface area contributed by atoms with Crippen LogP contribution in [0.25, 0.3) is 0 Å². The fourth-order valence-electron chi connectivity index (χ4n) is 4.24.